The molecule has 2 amide bonds. The van der Waals surface area contributed by atoms with E-state index in [2.05, 4.69) is 10.6 Å². The fourth-order valence-electron chi connectivity index (χ4n) is 3.64. The van der Waals surface area contributed by atoms with E-state index in [-0.39, 0.29) is 12.1 Å². The van der Waals surface area contributed by atoms with Gasteiger partial charge in [0.25, 0.3) is 0 Å². The van der Waals surface area contributed by atoms with E-state index < -0.39 is 0 Å². The second-order valence-electron chi connectivity index (χ2n) is 7.38. The molecule has 0 bridgehead atoms. The molecule has 2 aromatic carbocycles. The molecule has 0 saturated heterocycles. The molecule has 31 heavy (non-hydrogen) atoms. The van der Waals surface area contributed by atoms with Gasteiger partial charge in [-0.1, -0.05) is 54.4 Å². The Kier molecular flexibility index (Phi) is 6.68. The predicted molar refractivity (Wildman–Crippen MR) is 123 cm³/mol. The average Bonchev–Trinajstić information content (AvgIpc) is 3.03. The van der Waals surface area contributed by atoms with Crippen LogP contribution in [0.1, 0.15) is 37.9 Å². The Bertz CT molecular complexity index is 1070. The van der Waals surface area contributed by atoms with Crippen molar-refractivity contribution in [2.24, 2.45) is 0 Å². The molecule has 0 fully saturated rings. The number of hydrogen-bond acceptors (Lipinski definition) is 3. The van der Waals surface area contributed by atoms with Crippen molar-refractivity contribution >= 4 is 29.2 Å². The second kappa shape index (κ2) is 9.62. The lowest BCUT2D eigenvalue weighted by Gasteiger charge is -2.15. The van der Waals surface area contributed by atoms with E-state index in [0.29, 0.717) is 34.6 Å². The van der Waals surface area contributed by atoms with Gasteiger partial charge in [0.05, 0.1) is 23.4 Å². The summed E-state index contributed by atoms with van der Waals surface area (Å²) < 4.78 is 7.96. The van der Waals surface area contributed by atoms with E-state index in [1.807, 2.05) is 55.5 Å². The third kappa shape index (κ3) is 4.65. The highest BCUT2D eigenvalue weighted by atomic mass is 35.5. The van der Waals surface area contributed by atoms with Crippen LogP contribution in [0.4, 0.5) is 4.79 Å². The molecule has 0 saturated carbocycles. The summed E-state index contributed by atoms with van der Waals surface area (Å²) in [5, 5.41) is 12.0. The molecule has 2 heterocycles. The van der Waals surface area contributed by atoms with Gasteiger partial charge in [0.2, 0.25) is 0 Å². The number of nitrogens with one attached hydrogen (secondary N) is 2. The van der Waals surface area contributed by atoms with Gasteiger partial charge in [0.1, 0.15) is 11.4 Å². The van der Waals surface area contributed by atoms with Crippen LogP contribution in [-0.2, 0) is 0 Å². The normalized spacial score (nSPS) is 15.5. The highest BCUT2D eigenvalue weighted by molar-refractivity contribution is 6.32. The Labute approximate surface area is 191 Å². The summed E-state index contributed by atoms with van der Waals surface area (Å²) >= 11 is 12.6. The number of rotatable bonds is 5. The molecular weight excluding hydrogens is 435 g/mol. The molecular formula is C23H24Cl2N4O2. The maximum Gasteiger partial charge on any atom is 0.315 e. The van der Waals surface area contributed by atoms with Crippen LogP contribution in [0.3, 0.4) is 0 Å². The third-order valence-corrected chi connectivity index (χ3v) is 5.69. The lowest BCUT2D eigenvalue weighted by atomic mass is 10.1. The van der Waals surface area contributed by atoms with E-state index in [1.165, 1.54) is 0 Å². The summed E-state index contributed by atoms with van der Waals surface area (Å²) in [6.45, 7) is 3.17. The van der Waals surface area contributed by atoms with E-state index >= 15 is 0 Å². The molecule has 0 radical (unpaired) electrons. The highest BCUT2D eigenvalue weighted by Crippen LogP contribution is 2.42. The van der Waals surface area contributed by atoms with Crippen LogP contribution in [0.25, 0.3) is 16.9 Å². The van der Waals surface area contributed by atoms with Gasteiger partial charge in [-0.15, -0.1) is 0 Å². The summed E-state index contributed by atoms with van der Waals surface area (Å²) in [5.41, 5.74) is 3.10. The smallest absolute Gasteiger partial charge is 0.315 e. The van der Waals surface area contributed by atoms with Crippen molar-refractivity contribution in [2.75, 3.05) is 13.2 Å². The molecule has 0 spiro atoms. The standard InChI is InChI=1S/C23H24Cl2N4O2/c1-2-13-26-23(30)27-18-7-5-14-31-22-20(18)28-29(19-8-4-3-6-17(19)25)21(22)15-9-11-16(24)12-10-15/h3-4,6,8-12,18H,2,5,7,13-14H2,1H3,(H2,26,27,30). The van der Waals surface area contributed by atoms with Gasteiger partial charge in [-0.25, -0.2) is 9.48 Å². The SMILES string of the molecule is CCCNC(=O)NC1CCCOc2c1nn(-c1ccccc1Cl)c2-c1ccc(Cl)cc1. The fourth-order valence-corrected chi connectivity index (χ4v) is 3.98. The summed E-state index contributed by atoms with van der Waals surface area (Å²) in [4.78, 5) is 12.4. The first-order valence-corrected chi connectivity index (χ1v) is 11.1. The molecule has 1 atom stereocenters. The fraction of sp³-hybridized carbons (Fsp3) is 0.304. The van der Waals surface area contributed by atoms with E-state index in [9.17, 15) is 4.79 Å². The number of para-hydroxylation sites is 1. The molecule has 8 heteroatoms. The number of carbonyl (C=O) groups is 1. The van der Waals surface area contributed by atoms with E-state index in [1.54, 1.807) is 4.68 Å². The number of amides is 2. The zero-order valence-electron chi connectivity index (χ0n) is 17.2. The van der Waals surface area contributed by atoms with Gasteiger partial charge >= 0.3 is 6.03 Å². The van der Waals surface area contributed by atoms with Crippen LogP contribution in [0.5, 0.6) is 5.75 Å². The van der Waals surface area contributed by atoms with Crippen molar-refractivity contribution in [3.05, 3.63) is 64.3 Å². The van der Waals surface area contributed by atoms with E-state index in [4.69, 9.17) is 33.0 Å². The Morgan fingerprint density at radius 3 is 2.71 bits per heavy atom. The van der Waals surface area contributed by atoms with Crippen LogP contribution >= 0.6 is 23.2 Å². The zero-order chi connectivity index (χ0) is 21.8. The predicted octanol–water partition coefficient (Wildman–Crippen LogP) is 5.77. The van der Waals surface area contributed by atoms with Gasteiger partial charge in [0, 0.05) is 17.1 Å². The number of nitrogens with zero attached hydrogens (tertiary/aromatic N) is 2. The minimum Gasteiger partial charge on any atom is -0.489 e. The summed E-state index contributed by atoms with van der Waals surface area (Å²) in [5.74, 6) is 0.653. The first-order chi connectivity index (χ1) is 15.1. The maximum atomic E-state index is 12.4. The van der Waals surface area contributed by atoms with Crippen LogP contribution in [0, 0.1) is 0 Å². The molecule has 2 N–H and O–H groups in total. The lowest BCUT2D eigenvalue weighted by molar-refractivity contribution is 0.236. The van der Waals surface area contributed by atoms with Crippen molar-refractivity contribution in [3.8, 4) is 22.7 Å². The number of fused-ring (bicyclic) bond motifs is 1. The van der Waals surface area contributed by atoms with Crippen molar-refractivity contribution in [1.82, 2.24) is 20.4 Å². The molecule has 1 aliphatic heterocycles. The number of halogens is 2. The second-order valence-corrected chi connectivity index (χ2v) is 8.22. The zero-order valence-corrected chi connectivity index (χ0v) is 18.7. The Morgan fingerprint density at radius 1 is 1.19 bits per heavy atom. The van der Waals surface area contributed by atoms with E-state index in [0.717, 1.165) is 36.2 Å². The van der Waals surface area contributed by atoms with Crippen LogP contribution in [0.15, 0.2) is 48.5 Å². The number of urea groups is 1. The van der Waals surface area contributed by atoms with Crippen molar-refractivity contribution < 1.29 is 9.53 Å². The molecule has 4 rings (SSSR count). The number of benzene rings is 2. The van der Waals surface area contributed by atoms with Crippen molar-refractivity contribution in [2.45, 2.75) is 32.2 Å². The molecule has 1 unspecified atom stereocenters. The Morgan fingerprint density at radius 2 is 1.97 bits per heavy atom. The molecule has 1 aliphatic rings. The van der Waals surface area contributed by atoms with Crippen molar-refractivity contribution in [1.29, 1.82) is 0 Å². The Hall–Kier alpha value is -2.70. The summed E-state index contributed by atoms with van der Waals surface area (Å²) in [6, 6.07) is 14.6. The molecule has 0 aliphatic carbocycles. The minimum atomic E-state index is -0.274. The van der Waals surface area contributed by atoms with Crippen LogP contribution in [-0.4, -0.2) is 29.0 Å². The molecule has 162 valence electrons. The lowest BCUT2D eigenvalue weighted by Crippen LogP contribution is -2.38. The summed E-state index contributed by atoms with van der Waals surface area (Å²) in [6.07, 6.45) is 2.40. The van der Waals surface area contributed by atoms with Gasteiger partial charge in [-0.2, -0.15) is 5.10 Å². The first kappa shape index (κ1) is 21.5. The topological polar surface area (TPSA) is 68.2 Å². The summed E-state index contributed by atoms with van der Waals surface area (Å²) in [7, 11) is 0. The van der Waals surface area contributed by atoms with Gasteiger partial charge in [0.15, 0.2) is 5.75 Å². The van der Waals surface area contributed by atoms with Gasteiger partial charge < -0.3 is 15.4 Å². The third-order valence-electron chi connectivity index (χ3n) is 5.12. The number of carbonyl (C=O) groups excluding carboxylic acids is 1. The maximum absolute atomic E-state index is 12.4. The van der Waals surface area contributed by atoms with Crippen LogP contribution in [0.2, 0.25) is 10.0 Å². The Balaban J connectivity index is 1.84. The number of ether oxygens (including phenoxy) is 1. The molecule has 6 nitrogen and oxygen atoms in total. The molecule has 3 aromatic rings. The van der Waals surface area contributed by atoms with Gasteiger partial charge in [-0.05, 0) is 43.5 Å². The number of aromatic nitrogens is 2. The quantitative estimate of drug-likeness (QED) is 0.509. The number of hydrogen-bond donors (Lipinski definition) is 2. The average molecular weight is 459 g/mol. The first-order valence-electron chi connectivity index (χ1n) is 10.4. The minimum absolute atomic E-state index is 0.208. The monoisotopic (exact) mass is 458 g/mol. The van der Waals surface area contributed by atoms with Crippen LogP contribution < -0.4 is 15.4 Å². The van der Waals surface area contributed by atoms with Gasteiger partial charge in [-0.3, -0.25) is 0 Å². The van der Waals surface area contributed by atoms with Crippen molar-refractivity contribution in [3.63, 3.8) is 0 Å². The largest absolute Gasteiger partial charge is 0.489 e. The highest BCUT2D eigenvalue weighted by Gasteiger charge is 2.31. The molecule has 1 aromatic heterocycles.